The van der Waals surface area contributed by atoms with Crippen molar-refractivity contribution < 1.29 is 18.0 Å². The van der Waals surface area contributed by atoms with E-state index in [0.717, 1.165) is 10.6 Å². The maximum atomic E-state index is 12.2. The van der Waals surface area contributed by atoms with Crippen molar-refractivity contribution in [3.63, 3.8) is 0 Å². The van der Waals surface area contributed by atoms with Crippen LogP contribution < -0.4 is 9.62 Å². The van der Waals surface area contributed by atoms with Gasteiger partial charge in [-0.05, 0) is 43.3 Å². The van der Waals surface area contributed by atoms with E-state index in [-0.39, 0.29) is 18.7 Å². The molecule has 2 rings (SSSR count). The molecule has 0 heterocycles. The summed E-state index contributed by atoms with van der Waals surface area (Å²) in [5, 5.41) is 11.7. The highest BCUT2D eigenvalue weighted by atomic mass is 32.2. The van der Waals surface area contributed by atoms with Crippen LogP contribution in [-0.2, 0) is 14.8 Å². The van der Waals surface area contributed by atoms with Crippen LogP contribution in [0.2, 0.25) is 0 Å². The van der Waals surface area contributed by atoms with Gasteiger partial charge in [0.2, 0.25) is 15.9 Å². The van der Waals surface area contributed by atoms with E-state index in [2.05, 4.69) is 5.32 Å². The number of para-hydroxylation sites is 1. The summed E-state index contributed by atoms with van der Waals surface area (Å²) in [6.45, 7) is 1.35. The maximum Gasteiger partial charge on any atom is 0.232 e. The Labute approximate surface area is 158 Å². The molecule has 0 unspecified atom stereocenters. The second-order valence-corrected chi connectivity index (χ2v) is 7.80. The van der Waals surface area contributed by atoms with Gasteiger partial charge in [0.25, 0.3) is 0 Å². The van der Waals surface area contributed by atoms with Crippen molar-refractivity contribution in [3.05, 3.63) is 59.7 Å². The van der Waals surface area contributed by atoms with Gasteiger partial charge < -0.3 is 5.32 Å². The quantitative estimate of drug-likeness (QED) is 0.737. The summed E-state index contributed by atoms with van der Waals surface area (Å²) in [6.07, 6.45) is 0.954. The van der Waals surface area contributed by atoms with Crippen molar-refractivity contribution in [2.75, 3.05) is 22.4 Å². The first-order chi connectivity index (χ1) is 12.7. The summed E-state index contributed by atoms with van der Waals surface area (Å²) in [5.41, 5.74) is 1.54. The van der Waals surface area contributed by atoms with E-state index >= 15 is 0 Å². The number of nitriles is 1. The Morgan fingerprint density at radius 3 is 2.30 bits per heavy atom. The third-order valence-corrected chi connectivity index (χ3v) is 5.02. The lowest BCUT2D eigenvalue weighted by atomic mass is 10.1. The fraction of sp³-hybridized carbons (Fsp3) is 0.211. The van der Waals surface area contributed by atoms with E-state index in [1.54, 1.807) is 36.4 Å². The van der Waals surface area contributed by atoms with Gasteiger partial charge in [-0.25, -0.2) is 8.42 Å². The summed E-state index contributed by atoms with van der Waals surface area (Å²) in [7, 11) is -3.62. The van der Waals surface area contributed by atoms with Crippen LogP contribution in [-0.4, -0.2) is 32.9 Å². The molecule has 0 spiro atoms. The van der Waals surface area contributed by atoms with Crippen molar-refractivity contribution in [2.45, 2.75) is 13.3 Å². The molecule has 0 saturated heterocycles. The highest BCUT2D eigenvalue weighted by Gasteiger charge is 2.19. The van der Waals surface area contributed by atoms with Gasteiger partial charge in [-0.1, -0.05) is 12.1 Å². The molecular weight excluding hydrogens is 366 g/mol. The SMILES string of the molecule is CC(=O)c1ccc(N(CCC(=O)Nc2ccccc2C#N)S(C)(=O)=O)cc1. The van der Waals surface area contributed by atoms with Gasteiger partial charge in [-0.2, -0.15) is 5.26 Å². The van der Waals surface area contributed by atoms with E-state index in [1.807, 2.05) is 6.07 Å². The van der Waals surface area contributed by atoms with Crippen LogP contribution in [0.1, 0.15) is 29.3 Å². The molecule has 27 heavy (non-hydrogen) atoms. The van der Waals surface area contributed by atoms with Gasteiger partial charge in [0.05, 0.1) is 23.2 Å². The molecule has 1 N–H and O–H groups in total. The van der Waals surface area contributed by atoms with E-state index in [4.69, 9.17) is 5.26 Å². The van der Waals surface area contributed by atoms with Crippen LogP contribution in [0.4, 0.5) is 11.4 Å². The fourth-order valence-electron chi connectivity index (χ4n) is 2.45. The number of Topliss-reactive ketones (excluding diaryl/α,β-unsaturated/α-hetero) is 1. The average molecular weight is 385 g/mol. The van der Waals surface area contributed by atoms with Gasteiger partial charge in [0.15, 0.2) is 5.78 Å². The number of sulfonamides is 1. The minimum absolute atomic E-state index is 0.0706. The van der Waals surface area contributed by atoms with E-state index in [0.29, 0.717) is 22.5 Å². The largest absolute Gasteiger partial charge is 0.325 e. The van der Waals surface area contributed by atoms with Gasteiger partial charge >= 0.3 is 0 Å². The number of ketones is 1. The zero-order valence-corrected chi connectivity index (χ0v) is 15.8. The maximum absolute atomic E-state index is 12.2. The number of amides is 1. The molecule has 0 bridgehead atoms. The lowest BCUT2D eigenvalue weighted by molar-refractivity contribution is -0.116. The molecular formula is C19H19N3O4S. The van der Waals surface area contributed by atoms with Gasteiger partial charge in [0.1, 0.15) is 6.07 Å². The number of nitrogens with zero attached hydrogens (tertiary/aromatic N) is 2. The number of nitrogens with one attached hydrogen (secondary N) is 1. The Morgan fingerprint density at radius 2 is 1.74 bits per heavy atom. The Balaban J connectivity index is 2.12. The summed E-state index contributed by atoms with van der Waals surface area (Å²) in [4.78, 5) is 23.6. The highest BCUT2D eigenvalue weighted by Crippen LogP contribution is 2.20. The zero-order chi connectivity index (χ0) is 20.0. The van der Waals surface area contributed by atoms with E-state index < -0.39 is 15.9 Å². The van der Waals surface area contributed by atoms with Crippen molar-refractivity contribution >= 4 is 33.1 Å². The molecule has 0 aromatic heterocycles. The summed E-state index contributed by atoms with van der Waals surface area (Å²) < 4.78 is 25.3. The predicted octanol–water partition coefficient (Wildman–Crippen LogP) is 2.56. The molecule has 2 aromatic carbocycles. The third kappa shape index (κ3) is 5.39. The minimum Gasteiger partial charge on any atom is -0.325 e. The van der Waals surface area contributed by atoms with Crippen molar-refractivity contribution in [1.29, 1.82) is 5.26 Å². The van der Waals surface area contributed by atoms with Crippen LogP contribution in [0.25, 0.3) is 0 Å². The van der Waals surface area contributed by atoms with Gasteiger partial charge in [0, 0.05) is 18.5 Å². The Hall–Kier alpha value is -3.18. The molecule has 7 nitrogen and oxygen atoms in total. The molecule has 2 aromatic rings. The number of carbonyl (C=O) groups is 2. The highest BCUT2D eigenvalue weighted by molar-refractivity contribution is 7.92. The van der Waals surface area contributed by atoms with Crippen LogP contribution >= 0.6 is 0 Å². The summed E-state index contributed by atoms with van der Waals surface area (Å²) in [5.74, 6) is -0.533. The van der Waals surface area contributed by atoms with Crippen LogP contribution in [0, 0.1) is 11.3 Å². The first-order valence-corrected chi connectivity index (χ1v) is 9.95. The molecule has 0 aliphatic heterocycles. The first kappa shape index (κ1) is 20.1. The standard InChI is InChI=1S/C19H19N3O4S/c1-14(23)15-7-9-17(10-8-15)22(27(2,25)26)12-11-19(24)21-18-6-4-3-5-16(18)13-20/h3-10H,11-12H2,1-2H3,(H,21,24). The summed E-state index contributed by atoms with van der Waals surface area (Å²) >= 11 is 0. The van der Waals surface area contributed by atoms with Gasteiger partial charge in [-0.15, -0.1) is 0 Å². The van der Waals surface area contributed by atoms with E-state index in [9.17, 15) is 18.0 Å². The molecule has 0 aliphatic carbocycles. The molecule has 1 amide bonds. The number of rotatable bonds is 7. The fourth-order valence-corrected chi connectivity index (χ4v) is 3.38. The van der Waals surface area contributed by atoms with Crippen LogP contribution in [0.3, 0.4) is 0 Å². The minimum atomic E-state index is -3.62. The molecule has 0 saturated carbocycles. The van der Waals surface area contributed by atoms with Crippen molar-refractivity contribution in [3.8, 4) is 6.07 Å². The molecule has 0 atom stereocenters. The number of benzene rings is 2. The lowest BCUT2D eigenvalue weighted by Crippen LogP contribution is -2.33. The molecule has 8 heteroatoms. The number of carbonyl (C=O) groups excluding carboxylic acids is 2. The Morgan fingerprint density at radius 1 is 1.11 bits per heavy atom. The lowest BCUT2D eigenvalue weighted by Gasteiger charge is -2.22. The first-order valence-electron chi connectivity index (χ1n) is 8.10. The predicted molar refractivity (Wildman–Crippen MR) is 103 cm³/mol. The summed E-state index contributed by atoms with van der Waals surface area (Å²) in [6, 6.07) is 14.7. The van der Waals surface area contributed by atoms with Crippen molar-refractivity contribution in [1.82, 2.24) is 0 Å². The smallest absolute Gasteiger partial charge is 0.232 e. The van der Waals surface area contributed by atoms with Crippen molar-refractivity contribution in [2.24, 2.45) is 0 Å². The second-order valence-electron chi connectivity index (χ2n) is 5.89. The Bertz CT molecular complexity index is 992. The molecule has 0 aliphatic rings. The molecule has 0 fully saturated rings. The Kier molecular flexibility index (Phi) is 6.32. The monoisotopic (exact) mass is 385 g/mol. The van der Waals surface area contributed by atoms with Crippen LogP contribution in [0.15, 0.2) is 48.5 Å². The molecule has 140 valence electrons. The van der Waals surface area contributed by atoms with E-state index in [1.165, 1.54) is 19.1 Å². The number of hydrogen-bond donors (Lipinski definition) is 1. The number of anilines is 2. The average Bonchev–Trinajstić information content (AvgIpc) is 2.61. The number of hydrogen-bond acceptors (Lipinski definition) is 5. The van der Waals surface area contributed by atoms with Crippen LogP contribution in [0.5, 0.6) is 0 Å². The third-order valence-electron chi connectivity index (χ3n) is 3.83. The second kappa shape index (κ2) is 8.47. The van der Waals surface area contributed by atoms with Gasteiger partial charge in [-0.3, -0.25) is 13.9 Å². The topological polar surface area (TPSA) is 107 Å². The molecule has 0 radical (unpaired) electrons. The normalized spacial score (nSPS) is 10.7. The zero-order valence-electron chi connectivity index (χ0n) is 15.0.